The number of aromatic nitrogens is 1. The fourth-order valence-electron chi connectivity index (χ4n) is 1.69. The Kier molecular flexibility index (Phi) is 9.09. The molecule has 0 radical (unpaired) electrons. The Bertz CT molecular complexity index is 680. The summed E-state index contributed by atoms with van der Waals surface area (Å²) in [7, 11) is 0. The monoisotopic (exact) mass is 417 g/mol. The summed E-state index contributed by atoms with van der Waals surface area (Å²) in [5.41, 5.74) is 6.23. The van der Waals surface area contributed by atoms with Gasteiger partial charge in [0.05, 0.1) is 18.8 Å². The number of nitrogens with two attached hydrogens (primary N) is 1. The van der Waals surface area contributed by atoms with Gasteiger partial charge < -0.3 is 11.1 Å². The number of alkyl halides is 2. The third kappa shape index (κ3) is 5.82. The molecule has 0 aliphatic rings. The van der Waals surface area contributed by atoms with Crippen LogP contribution < -0.4 is 11.1 Å². The Morgan fingerprint density at radius 3 is 2.46 bits per heavy atom. The first-order valence-corrected chi connectivity index (χ1v) is 7.61. The minimum absolute atomic E-state index is 0. The van der Waals surface area contributed by atoms with Crippen LogP contribution in [0.4, 0.5) is 8.78 Å². The molecule has 2 rings (SSSR count). The molecule has 3 N–H and O–H groups in total. The molecule has 4 nitrogen and oxygen atoms in total. The van der Waals surface area contributed by atoms with Gasteiger partial charge in [-0.1, -0.05) is 23.7 Å². The highest BCUT2D eigenvalue weighted by molar-refractivity contribution is 7.17. The van der Waals surface area contributed by atoms with Gasteiger partial charge >= 0.3 is 0 Å². The van der Waals surface area contributed by atoms with Crippen LogP contribution in [0.2, 0.25) is 5.02 Å². The first kappa shape index (κ1) is 23.0. The number of carbonyl (C=O) groups excluding carboxylic acids is 1. The second-order valence-corrected chi connectivity index (χ2v) is 6.12. The molecule has 1 aromatic heterocycles. The Morgan fingerprint density at radius 1 is 1.33 bits per heavy atom. The average Bonchev–Trinajstić information content (AvgIpc) is 2.88. The largest absolute Gasteiger partial charge is 0.345 e. The van der Waals surface area contributed by atoms with E-state index >= 15 is 0 Å². The zero-order valence-electron chi connectivity index (χ0n) is 12.5. The molecule has 0 atom stereocenters. The first-order chi connectivity index (χ1) is 10.3. The number of amides is 1. The van der Waals surface area contributed by atoms with E-state index in [1.54, 1.807) is 31.2 Å². The predicted molar refractivity (Wildman–Crippen MR) is 98.1 cm³/mol. The van der Waals surface area contributed by atoms with Crippen molar-refractivity contribution in [2.45, 2.75) is 12.8 Å². The number of halogens is 5. The summed E-state index contributed by atoms with van der Waals surface area (Å²) in [4.78, 5) is 16.6. The maximum absolute atomic E-state index is 13.1. The van der Waals surface area contributed by atoms with Crippen LogP contribution in [0.3, 0.4) is 0 Å². The second kappa shape index (κ2) is 9.48. The van der Waals surface area contributed by atoms with E-state index in [2.05, 4.69) is 10.3 Å². The van der Waals surface area contributed by atoms with Crippen LogP contribution in [0.5, 0.6) is 0 Å². The number of hydrogen-bond donors (Lipinski definition) is 2. The molecule has 134 valence electrons. The molecule has 1 aromatic carbocycles. The summed E-state index contributed by atoms with van der Waals surface area (Å²) in [6, 6.07) is 7.00. The smallest absolute Gasteiger partial charge is 0.277 e. The van der Waals surface area contributed by atoms with Crippen molar-refractivity contribution in [1.29, 1.82) is 0 Å². The lowest BCUT2D eigenvalue weighted by Gasteiger charge is -2.13. The second-order valence-electron chi connectivity index (χ2n) is 4.68. The number of nitrogens with zero attached hydrogens (tertiary/aromatic N) is 1. The number of hydrogen-bond acceptors (Lipinski definition) is 4. The molecular formula is C14H16Cl3F2N3OS. The molecule has 0 bridgehead atoms. The highest BCUT2D eigenvalue weighted by Gasteiger charge is 2.28. The van der Waals surface area contributed by atoms with Crippen molar-refractivity contribution in [1.82, 2.24) is 10.3 Å². The molecule has 0 aliphatic carbocycles. The lowest BCUT2D eigenvalue weighted by molar-refractivity contribution is 0.0119. The molecule has 24 heavy (non-hydrogen) atoms. The summed E-state index contributed by atoms with van der Waals surface area (Å²) >= 11 is 6.96. The van der Waals surface area contributed by atoms with Crippen molar-refractivity contribution >= 4 is 53.7 Å². The van der Waals surface area contributed by atoms with Crippen LogP contribution in [0.15, 0.2) is 24.3 Å². The maximum atomic E-state index is 13.1. The Balaban J connectivity index is 0.00000264. The normalized spacial score (nSPS) is 10.5. The SMILES string of the molecule is Cc1nc(-c2ccc(Cl)cc2)sc1C(=O)NCC(F)(F)CN.Cl.Cl. The van der Waals surface area contributed by atoms with E-state index in [4.69, 9.17) is 17.3 Å². The third-order valence-electron chi connectivity index (χ3n) is 2.90. The molecule has 0 spiro atoms. The van der Waals surface area contributed by atoms with E-state index < -0.39 is 24.9 Å². The Morgan fingerprint density at radius 2 is 1.92 bits per heavy atom. The van der Waals surface area contributed by atoms with Crippen molar-refractivity contribution in [2.24, 2.45) is 5.73 Å². The topological polar surface area (TPSA) is 68.0 Å². The van der Waals surface area contributed by atoms with Crippen molar-refractivity contribution < 1.29 is 13.6 Å². The maximum Gasteiger partial charge on any atom is 0.277 e. The van der Waals surface area contributed by atoms with Gasteiger partial charge in [-0.2, -0.15) is 0 Å². The van der Waals surface area contributed by atoms with Crippen LogP contribution in [0.25, 0.3) is 10.6 Å². The van der Waals surface area contributed by atoms with Crippen LogP contribution in [-0.4, -0.2) is 29.9 Å². The lowest BCUT2D eigenvalue weighted by atomic mass is 10.2. The highest BCUT2D eigenvalue weighted by atomic mass is 35.5. The van der Waals surface area contributed by atoms with Crippen molar-refractivity contribution in [2.75, 3.05) is 13.1 Å². The van der Waals surface area contributed by atoms with E-state index in [0.29, 0.717) is 20.6 Å². The third-order valence-corrected chi connectivity index (χ3v) is 4.36. The van der Waals surface area contributed by atoms with Crippen molar-refractivity contribution in [3.05, 3.63) is 39.9 Å². The zero-order chi connectivity index (χ0) is 16.3. The summed E-state index contributed by atoms with van der Waals surface area (Å²) in [6.07, 6.45) is 0. The van der Waals surface area contributed by atoms with Crippen LogP contribution in [0.1, 0.15) is 15.4 Å². The standard InChI is InChI=1S/C14H14ClF2N3OS.2ClH/c1-8-11(12(21)19-7-14(16,17)6-18)22-13(20-8)9-2-4-10(15)5-3-9;;/h2-5H,6-7,18H2,1H3,(H,19,21);2*1H. The molecule has 1 amide bonds. The molecule has 10 heteroatoms. The Labute approximate surface area is 159 Å². The van der Waals surface area contributed by atoms with Crippen LogP contribution in [-0.2, 0) is 0 Å². The van der Waals surface area contributed by atoms with E-state index in [1.807, 2.05) is 0 Å². The summed E-state index contributed by atoms with van der Waals surface area (Å²) in [6.45, 7) is 0.0484. The number of benzene rings is 1. The van der Waals surface area contributed by atoms with E-state index in [0.717, 1.165) is 16.9 Å². The molecule has 1 heterocycles. The van der Waals surface area contributed by atoms with Gasteiger partial charge in [-0.3, -0.25) is 4.79 Å². The summed E-state index contributed by atoms with van der Waals surface area (Å²) < 4.78 is 26.1. The van der Waals surface area contributed by atoms with Gasteiger partial charge in [0.15, 0.2) is 0 Å². The van der Waals surface area contributed by atoms with Gasteiger partial charge in [-0.15, -0.1) is 36.2 Å². The van der Waals surface area contributed by atoms with Gasteiger partial charge in [-0.25, -0.2) is 13.8 Å². The van der Waals surface area contributed by atoms with Gasteiger partial charge in [0, 0.05) is 10.6 Å². The number of carbonyl (C=O) groups is 1. The minimum Gasteiger partial charge on any atom is -0.345 e. The number of thiazole rings is 1. The number of rotatable bonds is 5. The number of aryl methyl sites for hydroxylation is 1. The van der Waals surface area contributed by atoms with Crippen molar-refractivity contribution in [3.63, 3.8) is 0 Å². The van der Waals surface area contributed by atoms with E-state index in [9.17, 15) is 13.6 Å². The molecule has 2 aromatic rings. The fraction of sp³-hybridized carbons (Fsp3) is 0.286. The van der Waals surface area contributed by atoms with Crippen molar-refractivity contribution in [3.8, 4) is 10.6 Å². The molecule has 0 aliphatic heterocycles. The van der Waals surface area contributed by atoms with Gasteiger partial charge in [-0.05, 0) is 19.1 Å². The van der Waals surface area contributed by atoms with Crippen LogP contribution in [0, 0.1) is 6.92 Å². The predicted octanol–water partition coefficient (Wildman–Crippen LogP) is 3.94. The van der Waals surface area contributed by atoms with Crippen LogP contribution >= 0.6 is 47.8 Å². The molecule has 0 unspecified atom stereocenters. The quantitative estimate of drug-likeness (QED) is 0.773. The Hall–Kier alpha value is -0.990. The zero-order valence-corrected chi connectivity index (χ0v) is 15.7. The first-order valence-electron chi connectivity index (χ1n) is 6.42. The molecule has 0 saturated carbocycles. The van der Waals surface area contributed by atoms with Gasteiger partial charge in [0.1, 0.15) is 9.88 Å². The van der Waals surface area contributed by atoms with E-state index in [1.165, 1.54) is 0 Å². The highest BCUT2D eigenvalue weighted by Crippen LogP contribution is 2.28. The van der Waals surface area contributed by atoms with Gasteiger partial charge in [0.25, 0.3) is 11.8 Å². The minimum atomic E-state index is -3.12. The number of nitrogens with one attached hydrogen (secondary N) is 1. The molecular weight excluding hydrogens is 403 g/mol. The summed E-state index contributed by atoms with van der Waals surface area (Å²) in [5.74, 6) is -3.70. The van der Waals surface area contributed by atoms with E-state index in [-0.39, 0.29) is 24.8 Å². The summed E-state index contributed by atoms with van der Waals surface area (Å²) in [5, 5.41) is 3.41. The lowest BCUT2D eigenvalue weighted by Crippen LogP contribution is -2.41. The fourth-order valence-corrected chi connectivity index (χ4v) is 2.80. The molecule has 0 saturated heterocycles. The van der Waals surface area contributed by atoms with Gasteiger partial charge in [0.2, 0.25) is 0 Å². The molecule has 0 fully saturated rings. The average molecular weight is 419 g/mol.